The molecule has 0 aliphatic rings. The number of nitrogens with zero attached hydrogens (tertiary/aromatic N) is 1. The average molecular weight is 298 g/mol. The molecule has 0 aliphatic heterocycles. The number of urea groups is 1. The number of likely N-dealkylation sites (N-methyl/N-ethyl adjacent to an activating group) is 1. The highest BCUT2D eigenvalue weighted by Gasteiger charge is 2.37. The summed E-state index contributed by atoms with van der Waals surface area (Å²) in [5.74, 6) is -1.67. The summed E-state index contributed by atoms with van der Waals surface area (Å²) in [6, 6.07) is 3.28. The molecule has 0 bridgehead atoms. The quantitative estimate of drug-likeness (QED) is 0.875. The van der Waals surface area contributed by atoms with Crippen molar-refractivity contribution >= 4 is 17.7 Å². The first-order valence-electron chi connectivity index (χ1n) is 6.39. The number of amides is 2. The molecular weight excluding hydrogens is 279 g/mol. The number of aliphatic carboxylic acids is 1. The lowest BCUT2D eigenvalue weighted by atomic mass is 10.0. The van der Waals surface area contributed by atoms with Crippen LogP contribution >= 0.6 is 0 Å². The van der Waals surface area contributed by atoms with Gasteiger partial charge in [0.25, 0.3) is 0 Å². The van der Waals surface area contributed by atoms with Gasteiger partial charge in [-0.15, -0.1) is 0 Å². The molecule has 0 spiro atoms. The van der Waals surface area contributed by atoms with Gasteiger partial charge in [0, 0.05) is 18.3 Å². The summed E-state index contributed by atoms with van der Waals surface area (Å²) in [6.07, 6.45) is 0. The maximum absolute atomic E-state index is 13.3. The van der Waals surface area contributed by atoms with Gasteiger partial charge in [-0.1, -0.05) is 0 Å². The van der Waals surface area contributed by atoms with Gasteiger partial charge < -0.3 is 20.1 Å². The minimum Gasteiger partial charge on any atom is -0.494 e. The number of hydrogen-bond acceptors (Lipinski definition) is 3. The van der Waals surface area contributed by atoms with Crippen molar-refractivity contribution in [3.05, 3.63) is 24.0 Å². The Morgan fingerprint density at radius 1 is 1.43 bits per heavy atom. The summed E-state index contributed by atoms with van der Waals surface area (Å²) in [7, 11) is 1.32. The highest BCUT2D eigenvalue weighted by molar-refractivity contribution is 5.93. The third kappa shape index (κ3) is 3.62. The van der Waals surface area contributed by atoms with Gasteiger partial charge in [0.15, 0.2) is 11.6 Å². The molecule has 0 aromatic heterocycles. The van der Waals surface area contributed by atoms with E-state index in [1.807, 2.05) is 0 Å². The molecule has 0 unspecified atom stereocenters. The lowest BCUT2D eigenvalue weighted by Gasteiger charge is -2.34. The zero-order valence-corrected chi connectivity index (χ0v) is 12.4. The van der Waals surface area contributed by atoms with E-state index in [9.17, 15) is 19.1 Å². The maximum Gasteiger partial charge on any atom is 0.329 e. The molecule has 0 heterocycles. The first-order chi connectivity index (χ1) is 9.73. The number of rotatable bonds is 5. The summed E-state index contributed by atoms with van der Waals surface area (Å²) in [4.78, 5) is 24.6. The van der Waals surface area contributed by atoms with Crippen molar-refractivity contribution in [2.75, 3.05) is 19.0 Å². The molecule has 116 valence electrons. The van der Waals surface area contributed by atoms with Gasteiger partial charge in [0.05, 0.1) is 7.11 Å². The molecule has 1 aromatic carbocycles. The van der Waals surface area contributed by atoms with Gasteiger partial charge in [0.2, 0.25) is 0 Å². The third-order valence-electron chi connectivity index (χ3n) is 3.16. The van der Waals surface area contributed by atoms with E-state index in [0.29, 0.717) is 5.69 Å². The second-order valence-corrected chi connectivity index (χ2v) is 4.89. The van der Waals surface area contributed by atoms with E-state index in [1.54, 1.807) is 6.92 Å². The summed E-state index contributed by atoms with van der Waals surface area (Å²) in [5, 5.41) is 11.7. The summed E-state index contributed by atoms with van der Waals surface area (Å²) >= 11 is 0. The number of nitrogens with one attached hydrogen (secondary N) is 1. The Kier molecular flexibility index (Phi) is 5.12. The molecule has 2 amide bonds. The van der Waals surface area contributed by atoms with Crippen molar-refractivity contribution in [1.82, 2.24) is 4.90 Å². The maximum atomic E-state index is 13.3. The van der Waals surface area contributed by atoms with Crippen LogP contribution in [0.4, 0.5) is 14.9 Å². The van der Waals surface area contributed by atoms with Gasteiger partial charge in [-0.2, -0.15) is 0 Å². The number of hydrogen-bond donors (Lipinski definition) is 2. The largest absolute Gasteiger partial charge is 0.494 e. The van der Waals surface area contributed by atoms with Crippen molar-refractivity contribution in [3.63, 3.8) is 0 Å². The molecule has 1 rings (SSSR count). The van der Waals surface area contributed by atoms with Gasteiger partial charge in [-0.25, -0.2) is 14.0 Å². The number of carboxylic acids is 1. The molecule has 0 atom stereocenters. The molecule has 21 heavy (non-hydrogen) atoms. The molecule has 0 fully saturated rings. The number of anilines is 1. The van der Waals surface area contributed by atoms with Crippen molar-refractivity contribution in [1.29, 1.82) is 0 Å². The van der Waals surface area contributed by atoms with Crippen molar-refractivity contribution in [3.8, 4) is 5.75 Å². The Bertz CT molecular complexity index is 546. The number of methoxy groups -OCH3 is 1. The zero-order chi connectivity index (χ0) is 16.2. The van der Waals surface area contributed by atoms with Crippen LogP contribution in [0.15, 0.2) is 18.2 Å². The molecule has 0 aliphatic carbocycles. The molecule has 0 saturated heterocycles. The van der Waals surface area contributed by atoms with Gasteiger partial charge in [-0.05, 0) is 32.9 Å². The third-order valence-corrected chi connectivity index (χ3v) is 3.16. The number of benzene rings is 1. The number of ether oxygens (including phenoxy) is 1. The Hall–Kier alpha value is -2.31. The lowest BCUT2D eigenvalue weighted by molar-refractivity contribution is -0.147. The monoisotopic (exact) mass is 298 g/mol. The van der Waals surface area contributed by atoms with E-state index in [2.05, 4.69) is 5.32 Å². The van der Waals surface area contributed by atoms with E-state index in [0.717, 1.165) is 6.07 Å². The van der Waals surface area contributed by atoms with E-state index >= 15 is 0 Å². The van der Waals surface area contributed by atoms with Crippen molar-refractivity contribution in [2.45, 2.75) is 26.3 Å². The Morgan fingerprint density at radius 3 is 2.52 bits per heavy atom. The fourth-order valence-corrected chi connectivity index (χ4v) is 1.84. The second-order valence-electron chi connectivity index (χ2n) is 4.89. The molecule has 0 saturated carbocycles. The number of carbonyl (C=O) groups excluding carboxylic acids is 1. The highest BCUT2D eigenvalue weighted by atomic mass is 19.1. The number of carboxylic acid groups (broad SMARTS) is 1. The molecule has 7 heteroatoms. The molecule has 6 nitrogen and oxygen atoms in total. The fraction of sp³-hybridized carbons (Fsp3) is 0.429. The predicted molar refractivity (Wildman–Crippen MR) is 76.1 cm³/mol. The zero-order valence-electron chi connectivity index (χ0n) is 12.4. The van der Waals surface area contributed by atoms with E-state index < -0.39 is 23.4 Å². The van der Waals surface area contributed by atoms with E-state index in [1.165, 1.54) is 38.0 Å². The summed E-state index contributed by atoms with van der Waals surface area (Å²) < 4.78 is 18.1. The Morgan fingerprint density at radius 2 is 2.05 bits per heavy atom. The van der Waals surface area contributed by atoms with Crippen LogP contribution in [0.3, 0.4) is 0 Å². The van der Waals surface area contributed by atoms with Crippen LogP contribution in [0, 0.1) is 5.82 Å². The average Bonchev–Trinajstić information content (AvgIpc) is 2.41. The summed E-state index contributed by atoms with van der Waals surface area (Å²) in [5.41, 5.74) is -1.04. The minimum absolute atomic E-state index is 0.00616. The van der Waals surface area contributed by atoms with Gasteiger partial charge in [-0.3, -0.25) is 0 Å². The molecular formula is C14H19FN2O4. The smallest absolute Gasteiger partial charge is 0.329 e. The van der Waals surface area contributed by atoms with Crippen LogP contribution in [0.5, 0.6) is 5.75 Å². The summed E-state index contributed by atoms with van der Waals surface area (Å²) in [6.45, 7) is 4.76. The molecule has 0 radical (unpaired) electrons. The van der Waals surface area contributed by atoms with Crippen molar-refractivity contribution in [2.24, 2.45) is 0 Å². The highest BCUT2D eigenvalue weighted by Crippen LogP contribution is 2.23. The van der Waals surface area contributed by atoms with E-state index in [4.69, 9.17) is 4.74 Å². The van der Waals surface area contributed by atoms with Crippen molar-refractivity contribution < 1.29 is 23.8 Å². The first-order valence-corrected chi connectivity index (χ1v) is 6.39. The topological polar surface area (TPSA) is 78.9 Å². The Labute approximate surface area is 122 Å². The van der Waals surface area contributed by atoms with Crippen LogP contribution in [-0.4, -0.2) is 41.2 Å². The van der Waals surface area contributed by atoms with Crippen LogP contribution < -0.4 is 10.1 Å². The number of carbonyl (C=O) groups is 2. The second kappa shape index (κ2) is 6.43. The van der Waals surface area contributed by atoms with Crippen LogP contribution in [-0.2, 0) is 4.79 Å². The fourth-order valence-electron chi connectivity index (χ4n) is 1.84. The lowest BCUT2D eigenvalue weighted by Crippen LogP contribution is -2.54. The predicted octanol–water partition coefficient (Wildman–Crippen LogP) is 2.55. The van der Waals surface area contributed by atoms with Crippen LogP contribution in [0.1, 0.15) is 20.8 Å². The standard InChI is InChI=1S/C14H19FN2O4/c1-5-17(14(2,3)12(18)19)13(20)16-9-6-7-10(15)11(8-9)21-4/h6-8H,5H2,1-4H3,(H,16,20)(H,18,19). The normalized spacial score (nSPS) is 10.9. The van der Waals surface area contributed by atoms with Gasteiger partial charge >= 0.3 is 12.0 Å². The first kappa shape index (κ1) is 16.7. The van der Waals surface area contributed by atoms with Crippen LogP contribution in [0.2, 0.25) is 0 Å². The van der Waals surface area contributed by atoms with E-state index in [-0.39, 0.29) is 12.3 Å². The number of halogens is 1. The van der Waals surface area contributed by atoms with Crippen LogP contribution in [0.25, 0.3) is 0 Å². The molecule has 1 aromatic rings. The molecule has 2 N–H and O–H groups in total. The van der Waals surface area contributed by atoms with Gasteiger partial charge in [0.1, 0.15) is 5.54 Å². The SMILES string of the molecule is CCN(C(=O)Nc1ccc(F)c(OC)c1)C(C)(C)C(=O)O. The minimum atomic E-state index is -1.36. The Balaban J connectivity index is 2.96.